The van der Waals surface area contributed by atoms with Crippen molar-refractivity contribution in [1.29, 1.82) is 0 Å². The smallest absolute Gasteiger partial charge is 0.236 e. The first-order valence-electron chi connectivity index (χ1n) is 4.29. The summed E-state index contributed by atoms with van der Waals surface area (Å²) in [6, 6.07) is -0.419. The molecule has 4 nitrogen and oxygen atoms in total. The van der Waals surface area contributed by atoms with E-state index < -0.39 is 6.04 Å². The summed E-state index contributed by atoms with van der Waals surface area (Å²) in [6.45, 7) is 5.66. The molecular weight excluding hydrogens is 156 g/mol. The highest BCUT2D eigenvalue weighted by Crippen LogP contribution is 1.81. The third kappa shape index (κ3) is 6.12. The Morgan fingerprint density at radius 3 is 2.83 bits per heavy atom. The van der Waals surface area contributed by atoms with Gasteiger partial charge in [0.2, 0.25) is 5.91 Å². The van der Waals surface area contributed by atoms with Crippen molar-refractivity contribution in [3.8, 4) is 0 Å². The second kappa shape index (κ2) is 7.06. The predicted octanol–water partition coefficient (Wildman–Crippen LogP) is -0.124. The van der Waals surface area contributed by atoms with Crippen LogP contribution in [0.1, 0.15) is 20.3 Å². The number of carbonyl (C=O) groups excluding carboxylic acids is 1. The van der Waals surface area contributed by atoms with Crippen molar-refractivity contribution in [2.45, 2.75) is 26.3 Å². The topological polar surface area (TPSA) is 64.3 Å². The molecule has 1 amide bonds. The highest BCUT2D eigenvalue weighted by atomic mass is 16.5. The normalized spacial score (nSPS) is 12.6. The third-order valence-electron chi connectivity index (χ3n) is 1.38. The number of hydrogen-bond donors (Lipinski definition) is 2. The fraction of sp³-hybridized carbons (Fsp3) is 0.875. The van der Waals surface area contributed by atoms with Gasteiger partial charge in [0.25, 0.3) is 0 Å². The van der Waals surface area contributed by atoms with E-state index in [1.807, 2.05) is 6.92 Å². The lowest BCUT2D eigenvalue weighted by Crippen LogP contribution is -2.38. The van der Waals surface area contributed by atoms with E-state index in [-0.39, 0.29) is 5.91 Å². The van der Waals surface area contributed by atoms with E-state index in [2.05, 4.69) is 5.32 Å². The fourth-order valence-electron chi connectivity index (χ4n) is 0.691. The first kappa shape index (κ1) is 11.4. The molecule has 0 unspecified atom stereocenters. The summed E-state index contributed by atoms with van der Waals surface area (Å²) in [7, 11) is 0. The summed E-state index contributed by atoms with van der Waals surface area (Å²) >= 11 is 0. The predicted molar refractivity (Wildman–Crippen MR) is 47.8 cm³/mol. The van der Waals surface area contributed by atoms with Gasteiger partial charge in [0.15, 0.2) is 0 Å². The Labute approximate surface area is 73.5 Å². The minimum Gasteiger partial charge on any atom is -0.382 e. The molecule has 0 saturated heterocycles. The number of rotatable bonds is 6. The van der Waals surface area contributed by atoms with Crippen LogP contribution >= 0.6 is 0 Å². The van der Waals surface area contributed by atoms with Gasteiger partial charge in [-0.15, -0.1) is 0 Å². The lowest BCUT2D eigenvalue weighted by atomic mass is 10.3. The van der Waals surface area contributed by atoms with Crippen LogP contribution in [0.5, 0.6) is 0 Å². The molecule has 72 valence electrons. The van der Waals surface area contributed by atoms with Crippen LogP contribution in [0.15, 0.2) is 0 Å². The Hall–Kier alpha value is -0.610. The summed E-state index contributed by atoms with van der Waals surface area (Å²) < 4.78 is 5.09. The van der Waals surface area contributed by atoms with Gasteiger partial charge in [0.1, 0.15) is 0 Å². The second-order valence-corrected chi connectivity index (χ2v) is 2.63. The zero-order chi connectivity index (χ0) is 9.40. The molecule has 12 heavy (non-hydrogen) atoms. The van der Waals surface area contributed by atoms with E-state index in [0.29, 0.717) is 13.2 Å². The lowest BCUT2D eigenvalue weighted by Gasteiger charge is -2.06. The van der Waals surface area contributed by atoms with Gasteiger partial charge in [0, 0.05) is 19.8 Å². The monoisotopic (exact) mass is 174 g/mol. The van der Waals surface area contributed by atoms with Gasteiger partial charge in [0.05, 0.1) is 6.04 Å². The van der Waals surface area contributed by atoms with Crippen LogP contribution in [-0.2, 0) is 9.53 Å². The molecule has 0 aliphatic heterocycles. The summed E-state index contributed by atoms with van der Waals surface area (Å²) in [5.41, 5.74) is 5.33. The summed E-state index contributed by atoms with van der Waals surface area (Å²) in [4.78, 5) is 10.9. The van der Waals surface area contributed by atoms with E-state index in [4.69, 9.17) is 10.5 Å². The quantitative estimate of drug-likeness (QED) is 0.552. The first-order chi connectivity index (χ1) is 5.68. The lowest BCUT2D eigenvalue weighted by molar-refractivity contribution is -0.122. The van der Waals surface area contributed by atoms with Crippen LogP contribution < -0.4 is 11.1 Å². The Bertz CT molecular complexity index is 126. The van der Waals surface area contributed by atoms with Crippen molar-refractivity contribution < 1.29 is 9.53 Å². The van der Waals surface area contributed by atoms with Crippen LogP contribution in [0, 0.1) is 0 Å². The highest BCUT2D eigenvalue weighted by molar-refractivity contribution is 5.80. The number of nitrogens with one attached hydrogen (secondary N) is 1. The molecule has 0 spiro atoms. The zero-order valence-corrected chi connectivity index (χ0v) is 7.80. The van der Waals surface area contributed by atoms with Gasteiger partial charge in [-0.1, -0.05) is 0 Å². The largest absolute Gasteiger partial charge is 0.382 e. The average molecular weight is 174 g/mol. The molecule has 0 aliphatic carbocycles. The van der Waals surface area contributed by atoms with Gasteiger partial charge >= 0.3 is 0 Å². The maximum Gasteiger partial charge on any atom is 0.236 e. The van der Waals surface area contributed by atoms with E-state index in [9.17, 15) is 4.79 Å². The van der Waals surface area contributed by atoms with Gasteiger partial charge in [-0.05, 0) is 20.3 Å². The number of amides is 1. The van der Waals surface area contributed by atoms with Gasteiger partial charge in [-0.2, -0.15) is 0 Å². The third-order valence-corrected chi connectivity index (χ3v) is 1.38. The maximum atomic E-state index is 10.9. The molecule has 0 aromatic heterocycles. The standard InChI is InChI=1S/C8H18N2O2/c1-3-12-6-4-5-10-8(11)7(2)9/h7H,3-6,9H2,1-2H3,(H,10,11)/t7-/m1/s1. The van der Waals surface area contributed by atoms with E-state index >= 15 is 0 Å². The summed E-state index contributed by atoms with van der Waals surface area (Å²) in [5, 5.41) is 2.70. The molecule has 0 fully saturated rings. The minimum absolute atomic E-state index is 0.105. The molecule has 3 N–H and O–H groups in total. The van der Waals surface area contributed by atoms with Gasteiger partial charge in [-0.3, -0.25) is 4.79 Å². The van der Waals surface area contributed by atoms with Crippen molar-refractivity contribution in [3.63, 3.8) is 0 Å². The SMILES string of the molecule is CCOCCCNC(=O)[C@@H](C)N. The molecule has 0 saturated carbocycles. The second-order valence-electron chi connectivity index (χ2n) is 2.63. The van der Waals surface area contributed by atoms with Crippen LogP contribution in [0.2, 0.25) is 0 Å². The summed E-state index contributed by atoms with van der Waals surface area (Å²) in [6.07, 6.45) is 0.840. The average Bonchev–Trinajstić information content (AvgIpc) is 2.03. The van der Waals surface area contributed by atoms with Crippen molar-refractivity contribution in [1.82, 2.24) is 5.32 Å². The van der Waals surface area contributed by atoms with Crippen molar-refractivity contribution in [2.24, 2.45) is 5.73 Å². The number of hydrogen-bond acceptors (Lipinski definition) is 3. The minimum atomic E-state index is -0.419. The Morgan fingerprint density at radius 1 is 1.67 bits per heavy atom. The molecule has 4 heteroatoms. The number of nitrogens with two attached hydrogens (primary N) is 1. The molecule has 0 rings (SSSR count). The van der Waals surface area contributed by atoms with E-state index in [1.54, 1.807) is 6.92 Å². The number of carbonyl (C=O) groups is 1. The van der Waals surface area contributed by atoms with Crippen LogP contribution in [0.4, 0.5) is 0 Å². The van der Waals surface area contributed by atoms with Crippen molar-refractivity contribution >= 4 is 5.91 Å². The zero-order valence-electron chi connectivity index (χ0n) is 7.80. The molecular formula is C8H18N2O2. The Balaban J connectivity index is 3.14. The van der Waals surface area contributed by atoms with Crippen molar-refractivity contribution in [2.75, 3.05) is 19.8 Å². The van der Waals surface area contributed by atoms with Gasteiger partial charge in [-0.25, -0.2) is 0 Å². The van der Waals surface area contributed by atoms with Gasteiger partial charge < -0.3 is 15.8 Å². The molecule has 0 aromatic carbocycles. The molecule has 0 aliphatic rings. The Morgan fingerprint density at radius 2 is 2.33 bits per heavy atom. The molecule has 0 aromatic rings. The first-order valence-corrected chi connectivity index (χ1v) is 4.29. The molecule has 0 bridgehead atoms. The van der Waals surface area contributed by atoms with Crippen LogP contribution in [-0.4, -0.2) is 31.7 Å². The van der Waals surface area contributed by atoms with E-state index in [1.165, 1.54) is 0 Å². The van der Waals surface area contributed by atoms with Crippen LogP contribution in [0.25, 0.3) is 0 Å². The number of ether oxygens (including phenoxy) is 1. The molecule has 0 radical (unpaired) electrons. The van der Waals surface area contributed by atoms with Crippen molar-refractivity contribution in [3.05, 3.63) is 0 Å². The van der Waals surface area contributed by atoms with E-state index in [0.717, 1.165) is 13.0 Å². The molecule has 1 atom stereocenters. The molecule has 0 heterocycles. The fourth-order valence-corrected chi connectivity index (χ4v) is 0.691. The summed E-state index contributed by atoms with van der Waals surface area (Å²) in [5.74, 6) is -0.105. The maximum absolute atomic E-state index is 10.9. The highest BCUT2D eigenvalue weighted by Gasteiger charge is 2.04. The van der Waals surface area contributed by atoms with Crippen LogP contribution in [0.3, 0.4) is 0 Å². The Kier molecular flexibility index (Phi) is 6.70.